The van der Waals surface area contributed by atoms with Crippen LogP contribution < -0.4 is 0 Å². The Hall–Kier alpha value is -6.50. The topological polar surface area (TPSA) is 0 Å². The van der Waals surface area contributed by atoms with Crippen LogP contribution >= 0.6 is 0 Å². The van der Waals surface area contributed by atoms with E-state index in [1.165, 1.54) is 109 Å². The summed E-state index contributed by atoms with van der Waals surface area (Å²) >= 11 is 0. The van der Waals surface area contributed by atoms with E-state index in [9.17, 15) is 0 Å². The summed E-state index contributed by atoms with van der Waals surface area (Å²) in [5.74, 6) is 0. The lowest BCUT2D eigenvalue weighted by Crippen LogP contribution is -2.14. The van der Waals surface area contributed by atoms with Gasteiger partial charge >= 0.3 is 0 Å². The van der Waals surface area contributed by atoms with Gasteiger partial charge in [-0.25, -0.2) is 0 Å². The predicted molar refractivity (Wildman–Crippen MR) is 228 cm³/mol. The molecule has 1 aliphatic rings. The SMILES string of the molecule is CC1(C)c2ccccc2-c2ccc(-c3ccc4c(-c5cccc6ccccc56)cc5c6ccccc6c(-c6cccc7ccccc67)cc5c4c3)cc21. The molecule has 0 radical (unpaired) electrons. The van der Waals surface area contributed by atoms with Gasteiger partial charge in [-0.3, -0.25) is 0 Å². The first-order chi connectivity index (χ1) is 26.0. The first-order valence-electron chi connectivity index (χ1n) is 18.7. The number of hydrogen-bond acceptors (Lipinski definition) is 0. The molecular formula is C53H36. The van der Waals surface area contributed by atoms with Gasteiger partial charge in [0.25, 0.3) is 0 Å². The van der Waals surface area contributed by atoms with Crippen molar-refractivity contribution in [1.29, 1.82) is 0 Å². The van der Waals surface area contributed by atoms with E-state index in [1.807, 2.05) is 0 Å². The van der Waals surface area contributed by atoms with Crippen molar-refractivity contribution in [3.8, 4) is 44.5 Å². The van der Waals surface area contributed by atoms with E-state index < -0.39 is 0 Å². The highest BCUT2D eigenvalue weighted by atomic mass is 14.4. The summed E-state index contributed by atoms with van der Waals surface area (Å²) in [5.41, 5.74) is 13.0. The number of rotatable bonds is 3. The number of fused-ring (bicyclic) bond motifs is 10. The highest BCUT2D eigenvalue weighted by molar-refractivity contribution is 6.26. The molecule has 0 atom stereocenters. The highest BCUT2D eigenvalue weighted by Crippen LogP contribution is 2.50. The fourth-order valence-corrected chi connectivity index (χ4v) is 9.43. The van der Waals surface area contributed by atoms with Crippen molar-refractivity contribution < 1.29 is 0 Å². The molecule has 0 aliphatic heterocycles. The Morgan fingerprint density at radius 2 is 0.717 bits per heavy atom. The maximum atomic E-state index is 2.47. The number of benzene rings is 10. The standard InChI is InChI=1S/C53H36/c1-53(2)51-24-10-9-21-44(51)45-28-26-36(30-52(45)53)35-25-27-43-46(29-35)50-32-47(39-22-11-15-33-13-3-5-17-37(33)39)41-19-7-8-20-42(41)49(50)31-48(43)40-23-12-16-34-14-4-6-18-38(34)40/h3-32H,1-2H3. The van der Waals surface area contributed by atoms with Gasteiger partial charge in [0.2, 0.25) is 0 Å². The van der Waals surface area contributed by atoms with Crippen LogP contribution in [0.1, 0.15) is 25.0 Å². The summed E-state index contributed by atoms with van der Waals surface area (Å²) in [6.45, 7) is 4.73. The Labute approximate surface area is 309 Å². The van der Waals surface area contributed by atoms with Crippen molar-refractivity contribution in [3.05, 3.63) is 193 Å². The quantitative estimate of drug-likeness (QED) is 0.164. The average molecular weight is 673 g/mol. The normalized spacial score (nSPS) is 13.2. The molecule has 0 heterocycles. The van der Waals surface area contributed by atoms with Crippen LogP contribution in [-0.4, -0.2) is 0 Å². The lowest BCUT2D eigenvalue weighted by Gasteiger charge is -2.22. The maximum absolute atomic E-state index is 2.47. The number of hydrogen-bond donors (Lipinski definition) is 0. The second-order valence-electron chi connectivity index (χ2n) is 15.2. The molecule has 0 unspecified atom stereocenters. The molecule has 10 aromatic carbocycles. The molecular weight excluding hydrogens is 637 g/mol. The lowest BCUT2D eigenvalue weighted by molar-refractivity contribution is 0.660. The van der Waals surface area contributed by atoms with Crippen LogP contribution in [0.3, 0.4) is 0 Å². The second kappa shape index (κ2) is 11.2. The predicted octanol–water partition coefficient (Wildman–Crippen LogP) is 14.8. The van der Waals surface area contributed by atoms with Crippen LogP contribution in [0.5, 0.6) is 0 Å². The Morgan fingerprint density at radius 3 is 1.42 bits per heavy atom. The maximum Gasteiger partial charge on any atom is 0.0159 e. The summed E-state index contributed by atoms with van der Waals surface area (Å²) in [6.07, 6.45) is 0. The zero-order chi connectivity index (χ0) is 35.3. The average Bonchev–Trinajstić information content (AvgIpc) is 3.45. The van der Waals surface area contributed by atoms with E-state index in [1.54, 1.807) is 0 Å². The third-order valence-electron chi connectivity index (χ3n) is 12.1. The molecule has 11 rings (SSSR count). The minimum Gasteiger partial charge on any atom is -0.0619 e. The van der Waals surface area contributed by atoms with Crippen molar-refractivity contribution in [3.63, 3.8) is 0 Å². The van der Waals surface area contributed by atoms with Crippen LogP contribution in [0, 0.1) is 0 Å². The van der Waals surface area contributed by atoms with Crippen LogP contribution in [0.4, 0.5) is 0 Å². The molecule has 0 bridgehead atoms. The van der Waals surface area contributed by atoms with Gasteiger partial charge in [-0.1, -0.05) is 172 Å². The van der Waals surface area contributed by atoms with Crippen molar-refractivity contribution in [2.24, 2.45) is 0 Å². The molecule has 0 heteroatoms. The first kappa shape index (κ1) is 30.2. The summed E-state index contributed by atoms with van der Waals surface area (Å²) in [7, 11) is 0. The molecule has 10 aromatic rings. The van der Waals surface area contributed by atoms with Crippen LogP contribution in [0.25, 0.3) is 98.4 Å². The Kier molecular flexibility index (Phi) is 6.40. The van der Waals surface area contributed by atoms with Crippen LogP contribution in [0.2, 0.25) is 0 Å². The zero-order valence-electron chi connectivity index (χ0n) is 29.8. The Bertz CT molecular complexity index is 3130. The second-order valence-corrected chi connectivity index (χ2v) is 15.2. The molecule has 0 spiro atoms. The van der Waals surface area contributed by atoms with Gasteiger partial charge in [0, 0.05) is 5.41 Å². The molecule has 0 N–H and O–H groups in total. The van der Waals surface area contributed by atoms with Crippen LogP contribution in [-0.2, 0) is 5.41 Å². The highest BCUT2D eigenvalue weighted by Gasteiger charge is 2.35. The molecule has 0 fully saturated rings. The monoisotopic (exact) mass is 672 g/mol. The van der Waals surface area contributed by atoms with Gasteiger partial charge < -0.3 is 0 Å². The van der Waals surface area contributed by atoms with Crippen molar-refractivity contribution in [1.82, 2.24) is 0 Å². The summed E-state index contributed by atoms with van der Waals surface area (Å²) in [4.78, 5) is 0. The zero-order valence-corrected chi connectivity index (χ0v) is 29.8. The minimum atomic E-state index is -0.0563. The smallest absolute Gasteiger partial charge is 0.0159 e. The summed E-state index contributed by atoms with van der Waals surface area (Å²) in [6, 6.07) is 68.1. The van der Waals surface area contributed by atoms with E-state index >= 15 is 0 Å². The van der Waals surface area contributed by atoms with Crippen molar-refractivity contribution in [2.45, 2.75) is 19.3 Å². The fraction of sp³-hybridized carbons (Fsp3) is 0.0566. The van der Waals surface area contributed by atoms with Gasteiger partial charge in [-0.2, -0.15) is 0 Å². The third-order valence-corrected chi connectivity index (χ3v) is 12.1. The molecule has 0 amide bonds. The van der Waals surface area contributed by atoms with E-state index in [2.05, 4.69) is 196 Å². The third kappa shape index (κ3) is 4.42. The summed E-state index contributed by atoms with van der Waals surface area (Å²) < 4.78 is 0. The Balaban J connectivity index is 1.24. The molecule has 1 aliphatic carbocycles. The molecule has 53 heavy (non-hydrogen) atoms. The van der Waals surface area contributed by atoms with Crippen LogP contribution in [0.15, 0.2) is 182 Å². The van der Waals surface area contributed by atoms with E-state index in [0.29, 0.717) is 0 Å². The van der Waals surface area contributed by atoms with Gasteiger partial charge in [-0.15, -0.1) is 0 Å². The van der Waals surface area contributed by atoms with Crippen molar-refractivity contribution in [2.75, 3.05) is 0 Å². The summed E-state index contributed by atoms with van der Waals surface area (Å²) in [5, 5.41) is 12.7. The van der Waals surface area contributed by atoms with Gasteiger partial charge in [0.1, 0.15) is 0 Å². The largest absolute Gasteiger partial charge is 0.0619 e. The van der Waals surface area contributed by atoms with Gasteiger partial charge in [0.15, 0.2) is 0 Å². The molecule has 0 saturated carbocycles. The molecule has 0 saturated heterocycles. The fourth-order valence-electron chi connectivity index (χ4n) is 9.43. The molecule has 0 aromatic heterocycles. The van der Waals surface area contributed by atoms with Gasteiger partial charge in [0.05, 0.1) is 0 Å². The van der Waals surface area contributed by atoms with E-state index in [4.69, 9.17) is 0 Å². The molecule has 0 nitrogen and oxygen atoms in total. The molecule has 248 valence electrons. The van der Waals surface area contributed by atoms with Crippen molar-refractivity contribution >= 4 is 53.9 Å². The Morgan fingerprint density at radius 1 is 0.264 bits per heavy atom. The van der Waals surface area contributed by atoms with Gasteiger partial charge in [-0.05, 0) is 134 Å². The lowest BCUT2D eigenvalue weighted by atomic mass is 9.81. The minimum absolute atomic E-state index is 0.0563. The van der Waals surface area contributed by atoms with E-state index in [-0.39, 0.29) is 5.41 Å². The van der Waals surface area contributed by atoms with E-state index in [0.717, 1.165) is 0 Å². The first-order valence-corrected chi connectivity index (χ1v) is 18.7.